The lowest BCUT2D eigenvalue weighted by Crippen LogP contribution is -2.17. The summed E-state index contributed by atoms with van der Waals surface area (Å²) in [6.45, 7) is 1.78. The number of ether oxygens (including phenoxy) is 2. The number of carbonyl (C=O) groups is 1. The fourth-order valence-corrected chi connectivity index (χ4v) is 2.39. The molecule has 1 aromatic heterocycles. The summed E-state index contributed by atoms with van der Waals surface area (Å²) in [7, 11) is 7.20. The first-order valence-corrected chi connectivity index (χ1v) is 8.41. The van der Waals surface area contributed by atoms with Crippen molar-refractivity contribution in [2.75, 3.05) is 52.0 Å². The van der Waals surface area contributed by atoms with Gasteiger partial charge in [-0.05, 0) is 51.3 Å². The van der Waals surface area contributed by atoms with E-state index in [2.05, 4.69) is 20.5 Å². The van der Waals surface area contributed by atoms with Crippen LogP contribution in [0.2, 0.25) is 0 Å². The van der Waals surface area contributed by atoms with Crippen LogP contribution in [0, 0.1) is 0 Å². The molecule has 0 unspecified atom stereocenters. The Morgan fingerprint density at radius 1 is 1.15 bits per heavy atom. The molecule has 2 rings (SSSR count). The van der Waals surface area contributed by atoms with E-state index in [1.54, 1.807) is 50.7 Å². The van der Waals surface area contributed by atoms with Gasteiger partial charge in [-0.2, -0.15) is 0 Å². The molecule has 140 valence electrons. The van der Waals surface area contributed by atoms with Gasteiger partial charge in [0.25, 0.3) is 5.91 Å². The van der Waals surface area contributed by atoms with E-state index < -0.39 is 0 Å². The van der Waals surface area contributed by atoms with Gasteiger partial charge in [-0.1, -0.05) is 0 Å². The molecule has 7 nitrogen and oxygen atoms in total. The molecule has 0 aliphatic heterocycles. The van der Waals surface area contributed by atoms with Crippen molar-refractivity contribution in [1.29, 1.82) is 0 Å². The molecule has 0 spiro atoms. The third-order valence-electron chi connectivity index (χ3n) is 3.77. The maximum Gasteiger partial charge on any atom is 0.255 e. The molecule has 0 saturated carbocycles. The SMILES string of the molecule is COc1ccc(OC)c(NC(=O)c2ccnc(NCCCN(C)C)c2)c1. The summed E-state index contributed by atoms with van der Waals surface area (Å²) in [5.41, 5.74) is 1.06. The number of methoxy groups -OCH3 is 2. The van der Waals surface area contributed by atoms with Gasteiger partial charge in [0, 0.05) is 24.4 Å². The van der Waals surface area contributed by atoms with Crippen LogP contribution in [0.3, 0.4) is 0 Å². The number of anilines is 2. The molecule has 0 atom stereocenters. The predicted molar refractivity (Wildman–Crippen MR) is 103 cm³/mol. The number of carbonyl (C=O) groups excluding carboxylic acids is 1. The molecule has 0 aliphatic carbocycles. The highest BCUT2D eigenvalue weighted by molar-refractivity contribution is 6.05. The summed E-state index contributed by atoms with van der Waals surface area (Å²) in [6.07, 6.45) is 2.61. The van der Waals surface area contributed by atoms with Gasteiger partial charge in [0.05, 0.1) is 19.9 Å². The van der Waals surface area contributed by atoms with Crippen LogP contribution < -0.4 is 20.1 Å². The van der Waals surface area contributed by atoms with Crippen molar-refractivity contribution in [2.24, 2.45) is 0 Å². The Morgan fingerprint density at radius 2 is 1.96 bits per heavy atom. The van der Waals surface area contributed by atoms with Crippen molar-refractivity contribution in [2.45, 2.75) is 6.42 Å². The third kappa shape index (κ3) is 5.63. The third-order valence-corrected chi connectivity index (χ3v) is 3.77. The number of nitrogens with zero attached hydrogens (tertiary/aromatic N) is 2. The number of pyridine rings is 1. The summed E-state index contributed by atoms with van der Waals surface area (Å²) in [5.74, 6) is 1.64. The largest absolute Gasteiger partial charge is 0.497 e. The van der Waals surface area contributed by atoms with Gasteiger partial charge in [-0.15, -0.1) is 0 Å². The molecule has 2 N–H and O–H groups in total. The van der Waals surface area contributed by atoms with Crippen molar-refractivity contribution in [1.82, 2.24) is 9.88 Å². The second-order valence-electron chi connectivity index (χ2n) is 6.03. The summed E-state index contributed by atoms with van der Waals surface area (Å²) in [6, 6.07) is 8.65. The first-order valence-electron chi connectivity index (χ1n) is 8.41. The van der Waals surface area contributed by atoms with Crippen LogP contribution >= 0.6 is 0 Å². The van der Waals surface area contributed by atoms with Gasteiger partial charge >= 0.3 is 0 Å². The van der Waals surface area contributed by atoms with E-state index in [1.807, 2.05) is 14.1 Å². The summed E-state index contributed by atoms with van der Waals surface area (Å²) in [5, 5.41) is 6.09. The fraction of sp³-hybridized carbons (Fsp3) is 0.368. The van der Waals surface area contributed by atoms with Crippen molar-refractivity contribution < 1.29 is 14.3 Å². The van der Waals surface area contributed by atoms with Crippen molar-refractivity contribution in [3.8, 4) is 11.5 Å². The van der Waals surface area contributed by atoms with Gasteiger partial charge < -0.3 is 25.0 Å². The molecule has 0 saturated heterocycles. The number of hydrogen-bond acceptors (Lipinski definition) is 6. The standard InChI is InChI=1S/C19H26N4O3/c1-23(2)11-5-9-20-18-12-14(8-10-21-18)19(24)22-16-13-15(25-3)6-7-17(16)26-4/h6-8,10,12-13H,5,9,11H2,1-4H3,(H,20,21)(H,22,24). The van der Waals surface area contributed by atoms with Gasteiger partial charge in [-0.25, -0.2) is 4.98 Å². The zero-order valence-corrected chi connectivity index (χ0v) is 15.7. The molecule has 1 aromatic carbocycles. The number of nitrogens with one attached hydrogen (secondary N) is 2. The second kappa shape index (κ2) is 9.62. The Hall–Kier alpha value is -2.80. The Kier molecular flexibility index (Phi) is 7.23. The monoisotopic (exact) mass is 358 g/mol. The minimum atomic E-state index is -0.240. The molecule has 0 aliphatic rings. The minimum absolute atomic E-state index is 0.240. The highest BCUT2D eigenvalue weighted by Crippen LogP contribution is 2.29. The number of benzene rings is 1. The molecular formula is C19H26N4O3. The first-order chi connectivity index (χ1) is 12.5. The Balaban J connectivity index is 2.04. The van der Waals surface area contributed by atoms with Crippen LogP contribution in [0.15, 0.2) is 36.5 Å². The Labute approximate surface area is 154 Å². The number of amides is 1. The quantitative estimate of drug-likeness (QED) is 0.671. The van der Waals surface area contributed by atoms with Crippen LogP contribution in [0.1, 0.15) is 16.8 Å². The van der Waals surface area contributed by atoms with Crippen LogP contribution in [-0.4, -0.2) is 57.2 Å². The maximum atomic E-state index is 12.6. The molecule has 0 bridgehead atoms. The van der Waals surface area contributed by atoms with Crippen molar-refractivity contribution in [3.05, 3.63) is 42.1 Å². The van der Waals surface area contributed by atoms with E-state index in [0.29, 0.717) is 28.6 Å². The second-order valence-corrected chi connectivity index (χ2v) is 6.03. The zero-order valence-electron chi connectivity index (χ0n) is 15.7. The number of hydrogen-bond donors (Lipinski definition) is 2. The minimum Gasteiger partial charge on any atom is -0.497 e. The molecule has 0 fully saturated rings. The molecule has 0 radical (unpaired) electrons. The first kappa shape index (κ1) is 19.5. The van der Waals surface area contributed by atoms with E-state index in [-0.39, 0.29) is 5.91 Å². The molecular weight excluding hydrogens is 332 g/mol. The number of aromatic nitrogens is 1. The van der Waals surface area contributed by atoms with Crippen LogP contribution in [0.25, 0.3) is 0 Å². The predicted octanol–water partition coefficient (Wildman–Crippen LogP) is 2.71. The number of rotatable bonds is 9. The Bertz CT molecular complexity index is 734. The van der Waals surface area contributed by atoms with Crippen molar-refractivity contribution in [3.63, 3.8) is 0 Å². The zero-order chi connectivity index (χ0) is 18.9. The summed E-state index contributed by atoms with van der Waals surface area (Å²) < 4.78 is 10.5. The lowest BCUT2D eigenvalue weighted by molar-refractivity contribution is 0.102. The van der Waals surface area contributed by atoms with Gasteiger partial charge in [-0.3, -0.25) is 4.79 Å². The van der Waals surface area contributed by atoms with E-state index in [0.717, 1.165) is 19.5 Å². The lowest BCUT2D eigenvalue weighted by atomic mass is 10.2. The highest BCUT2D eigenvalue weighted by Gasteiger charge is 2.12. The fourth-order valence-electron chi connectivity index (χ4n) is 2.39. The maximum absolute atomic E-state index is 12.6. The lowest BCUT2D eigenvalue weighted by Gasteiger charge is -2.13. The molecule has 26 heavy (non-hydrogen) atoms. The van der Waals surface area contributed by atoms with E-state index in [1.165, 1.54) is 0 Å². The smallest absolute Gasteiger partial charge is 0.255 e. The van der Waals surface area contributed by atoms with Crippen molar-refractivity contribution >= 4 is 17.4 Å². The van der Waals surface area contributed by atoms with Crippen LogP contribution in [0.4, 0.5) is 11.5 Å². The molecule has 7 heteroatoms. The molecule has 2 aromatic rings. The van der Waals surface area contributed by atoms with E-state index >= 15 is 0 Å². The van der Waals surface area contributed by atoms with Gasteiger partial charge in [0.15, 0.2) is 0 Å². The van der Waals surface area contributed by atoms with Crippen LogP contribution in [0.5, 0.6) is 11.5 Å². The van der Waals surface area contributed by atoms with Crippen LogP contribution in [-0.2, 0) is 0 Å². The normalized spacial score (nSPS) is 10.5. The van der Waals surface area contributed by atoms with Gasteiger partial charge in [0.1, 0.15) is 17.3 Å². The van der Waals surface area contributed by atoms with E-state index in [4.69, 9.17) is 9.47 Å². The average Bonchev–Trinajstić information content (AvgIpc) is 2.65. The summed E-state index contributed by atoms with van der Waals surface area (Å²) >= 11 is 0. The topological polar surface area (TPSA) is 75.7 Å². The van der Waals surface area contributed by atoms with Gasteiger partial charge in [0.2, 0.25) is 0 Å². The highest BCUT2D eigenvalue weighted by atomic mass is 16.5. The average molecular weight is 358 g/mol. The molecule has 1 amide bonds. The Morgan fingerprint density at radius 3 is 2.65 bits per heavy atom. The summed E-state index contributed by atoms with van der Waals surface area (Å²) in [4.78, 5) is 19.0. The molecule has 1 heterocycles. The van der Waals surface area contributed by atoms with E-state index in [9.17, 15) is 4.79 Å².